The van der Waals surface area contributed by atoms with Gasteiger partial charge in [0.05, 0.1) is 29.5 Å². The Hall–Kier alpha value is -2.64. The minimum absolute atomic E-state index is 0.0491. The number of carbonyl (C=O) groups is 2. The molecule has 0 aliphatic carbocycles. The highest BCUT2D eigenvalue weighted by Crippen LogP contribution is 2.30. The summed E-state index contributed by atoms with van der Waals surface area (Å²) in [5.41, 5.74) is 2.66. The summed E-state index contributed by atoms with van der Waals surface area (Å²) in [5.74, 6) is 0.136. The lowest BCUT2D eigenvalue weighted by Gasteiger charge is -2.34. The standard InChI is InChI=1S/C20H27N5O3/c1-3-6-19(27)23-10-8-15-14(12-23)20(28)25-18(21-15)11-16(22-25)17-7-4-5-9-24(17)13(2)26/h11,17,22H,3-10,12H2,1-2H3/t17-/m0/s1. The summed E-state index contributed by atoms with van der Waals surface area (Å²) in [4.78, 5) is 45.7. The van der Waals surface area contributed by atoms with Crippen LogP contribution in [0.1, 0.15) is 68.9 Å². The molecule has 4 heterocycles. The minimum atomic E-state index is -0.148. The van der Waals surface area contributed by atoms with E-state index in [1.165, 1.54) is 4.52 Å². The second-order valence-corrected chi connectivity index (χ2v) is 7.79. The lowest BCUT2D eigenvalue weighted by molar-refractivity contribution is -0.133. The van der Waals surface area contributed by atoms with E-state index in [0.29, 0.717) is 37.1 Å². The molecule has 2 amide bonds. The molecule has 0 aromatic carbocycles. The molecule has 0 radical (unpaired) electrons. The third kappa shape index (κ3) is 3.21. The van der Waals surface area contributed by atoms with Gasteiger partial charge in [-0.2, -0.15) is 0 Å². The molecule has 0 spiro atoms. The van der Waals surface area contributed by atoms with Crippen molar-refractivity contribution in [1.29, 1.82) is 0 Å². The first kappa shape index (κ1) is 18.7. The van der Waals surface area contributed by atoms with E-state index in [1.54, 1.807) is 11.8 Å². The van der Waals surface area contributed by atoms with Crippen molar-refractivity contribution in [2.45, 2.75) is 65.0 Å². The average molecular weight is 385 g/mol. The first-order valence-corrected chi connectivity index (χ1v) is 10.2. The number of fused-ring (bicyclic) bond motifs is 2. The number of aromatic amines is 1. The number of aromatic nitrogens is 3. The molecule has 2 aliphatic heterocycles. The van der Waals surface area contributed by atoms with Crippen LogP contribution >= 0.6 is 0 Å². The minimum Gasteiger partial charge on any atom is -0.338 e. The maximum atomic E-state index is 13.1. The second kappa shape index (κ2) is 7.41. The summed E-state index contributed by atoms with van der Waals surface area (Å²) < 4.78 is 1.47. The molecule has 8 nitrogen and oxygen atoms in total. The summed E-state index contributed by atoms with van der Waals surface area (Å²) >= 11 is 0. The van der Waals surface area contributed by atoms with E-state index in [0.717, 1.165) is 43.6 Å². The van der Waals surface area contributed by atoms with Crippen molar-refractivity contribution in [3.8, 4) is 0 Å². The third-order valence-corrected chi connectivity index (χ3v) is 5.86. The second-order valence-electron chi connectivity index (χ2n) is 7.79. The number of H-pyrrole nitrogens is 1. The summed E-state index contributed by atoms with van der Waals surface area (Å²) in [6.45, 7) is 5.23. The van der Waals surface area contributed by atoms with Gasteiger partial charge in [-0.3, -0.25) is 19.5 Å². The van der Waals surface area contributed by atoms with Crippen molar-refractivity contribution in [1.82, 2.24) is 24.4 Å². The first-order valence-electron chi connectivity index (χ1n) is 10.2. The molecule has 1 atom stereocenters. The number of rotatable bonds is 3. The Morgan fingerprint density at radius 1 is 1.29 bits per heavy atom. The maximum absolute atomic E-state index is 13.1. The van der Waals surface area contributed by atoms with Crippen LogP contribution in [0.4, 0.5) is 0 Å². The van der Waals surface area contributed by atoms with Gasteiger partial charge in [-0.1, -0.05) is 6.92 Å². The third-order valence-electron chi connectivity index (χ3n) is 5.86. The zero-order chi connectivity index (χ0) is 19.8. The Labute approximate surface area is 163 Å². The van der Waals surface area contributed by atoms with Gasteiger partial charge in [0.2, 0.25) is 11.8 Å². The van der Waals surface area contributed by atoms with Gasteiger partial charge in [0.1, 0.15) is 0 Å². The van der Waals surface area contributed by atoms with Crippen LogP contribution in [-0.2, 0) is 22.6 Å². The molecule has 2 aromatic heterocycles. The van der Waals surface area contributed by atoms with E-state index in [4.69, 9.17) is 4.98 Å². The van der Waals surface area contributed by atoms with Crippen molar-refractivity contribution in [3.63, 3.8) is 0 Å². The quantitative estimate of drug-likeness (QED) is 0.872. The summed E-state index contributed by atoms with van der Waals surface area (Å²) in [7, 11) is 0. The fourth-order valence-electron chi connectivity index (χ4n) is 4.39. The van der Waals surface area contributed by atoms with Gasteiger partial charge in [0, 0.05) is 38.9 Å². The van der Waals surface area contributed by atoms with Crippen LogP contribution in [0.25, 0.3) is 5.65 Å². The fraction of sp³-hybridized carbons (Fsp3) is 0.600. The number of carbonyl (C=O) groups excluding carboxylic acids is 2. The van der Waals surface area contributed by atoms with E-state index in [2.05, 4.69) is 5.10 Å². The van der Waals surface area contributed by atoms with Gasteiger partial charge < -0.3 is 9.80 Å². The number of hydrogen-bond donors (Lipinski definition) is 1. The zero-order valence-corrected chi connectivity index (χ0v) is 16.5. The van der Waals surface area contributed by atoms with Gasteiger partial charge in [-0.05, 0) is 25.7 Å². The highest BCUT2D eigenvalue weighted by Gasteiger charge is 2.29. The molecule has 8 heteroatoms. The Morgan fingerprint density at radius 3 is 2.86 bits per heavy atom. The number of piperidine rings is 1. The van der Waals surface area contributed by atoms with Crippen LogP contribution in [0.3, 0.4) is 0 Å². The van der Waals surface area contributed by atoms with E-state index in [9.17, 15) is 14.4 Å². The average Bonchev–Trinajstić information content (AvgIpc) is 3.12. The SMILES string of the molecule is CCCC(=O)N1CCc2nc3cc([C@@H]4CCCCN4C(C)=O)[nH]n3c(=O)c2C1. The first-order chi connectivity index (χ1) is 13.5. The van der Waals surface area contributed by atoms with Crippen LogP contribution in [0.2, 0.25) is 0 Å². The maximum Gasteiger partial charge on any atom is 0.277 e. The topological polar surface area (TPSA) is 90.8 Å². The highest BCUT2D eigenvalue weighted by atomic mass is 16.2. The molecule has 1 saturated heterocycles. The zero-order valence-electron chi connectivity index (χ0n) is 16.5. The van der Waals surface area contributed by atoms with Crippen LogP contribution in [0.5, 0.6) is 0 Å². The lowest BCUT2D eigenvalue weighted by atomic mass is 9.99. The number of likely N-dealkylation sites (tertiary alicyclic amines) is 1. The van der Waals surface area contributed by atoms with Crippen LogP contribution in [0, 0.1) is 0 Å². The Balaban J connectivity index is 1.70. The number of hydrogen-bond acceptors (Lipinski definition) is 4. The van der Waals surface area contributed by atoms with Crippen molar-refractivity contribution in [2.24, 2.45) is 0 Å². The molecular weight excluding hydrogens is 358 g/mol. The smallest absolute Gasteiger partial charge is 0.277 e. The summed E-state index contributed by atoms with van der Waals surface area (Å²) in [6, 6.07) is 1.84. The molecule has 0 unspecified atom stereocenters. The Bertz CT molecular complexity index is 976. The molecule has 0 bridgehead atoms. The van der Waals surface area contributed by atoms with Gasteiger partial charge in [0.15, 0.2) is 5.65 Å². The van der Waals surface area contributed by atoms with Crippen molar-refractivity contribution >= 4 is 17.5 Å². The molecule has 2 aromatic rings. The molecule has 2 aliphatic rings. The van der Waals surface area contributed by atoms with E-state index < -0.39 is 0 Å². The molecular formula is C20H27N5O3. The van der Waals surface area contributed by atoms with Crippen LogP contribution < -0.4 is 5.56 Å². The van der Waals surface area contributed by atoms with E-state index in [-0.39, 0.29) is 23.4 Å². The largest absolute Gasteiger partial charge is 0.338 e. The van der Waals surface area contributed by atoms with Crippen LogP contribution in [0.15, 0.2) is 10.9 Å². The fourth-order valence-corrected chi connectivity index (χ4v) is 4.39. The molecule has 0 saturated carbocycles. The van der Waals surface area contributed by atoms with E-state index >= 15 is 0 Å². The molecule has 4 rings (SSSR count). The molecule has 150 valence electrons. The highest BCUT2D eigenvalue weighted by molar-refractivity contribution is 5.76. The molecule has 28 heavy (non-hydrogen) atoms. The molecule has 1 N–H and O–H groups in total. The van der Waals surface area contributed by atoms with Gasteiger partial charge in [0.25, 0.3) is 5.56 Å². The van der Waals surface area contributed by atoms with Crippen molar-refractivity contribution < 1.29 is 9.59 Å². The van der Waals surface area contributed by atoms with Crippen molar-refractivity contribution in [2.75, 3.05) is 13.1 Å². The normalized spacial score (nSPS) is 19.7. The summed E-state index contributed by atoms with van der Waals surface area (Å²) in [6.07, 6.45) is 4.83. The van der Waals surface area contributed by atoms with Gasteiger partial charge >= 0.3 is 0 Å². The van der Waals surface area contributed by atoms with Gasteiger partial charge in [-0.25, -0.2) is 9.50 Å². The lowest BCUT2D eigenvalue weighted by Crippen LogP contribution is -2.40. The molecule has 1 fully saturated rings. The van der Waals surface area contributed by atoms with Gasteiger partial charge in [-0.15, -0.1) is 0 Å². The van der Waals surface area contributed by atoms with Crippen molar-refractivity contribution in [3.05, 3.63) is 33.4 Å². The van der Waals surface area contributed by atoms with E-state index in [1.807, 2.05) is 17.9 Å². The monoisotopic (exact) mass is 385 g/mol. The number of nitrogens with one attached hydrogen (secondary N) is 1. The number of nitrogens with zero attached hydrogens (tertiary/aromatic N) is 4. The predicted molar refractivity (Wildman–Crippen MR) is 104 cm³/mol. The Morgan fingerprint density at radius 2 is 2.11 bits per heavy atom. The number of amides is 2. The predicted octanol–water partition coefficient (Wildman–Crippen LogP) is 1.78. The summed E-state index contributed by atoms with van der Waals surface area (Å²) in [5, 5.41) is 3.18. The van der Waals surface area contributed by atoms with Crippen LogP contribution in [-0.4, -0.2) is 49.3 Å². The Kier molecular flexibility index (Phi) is 4.95.